The lowest BCUT2D eigenvalue weighted by atomic mass is 10.1. The highest BCUT2D eigenvalue weighted by atomic mass is 32.1. The second-order valence-electron chi connectivity index (χ2n) is 5.68. The summed E-state index contributed by atoms with van der Waals surface area (Å²) >= 11 is 5.31. The summed E-state index contributed by atoms with van der Waals surface area (Å²) in [5, 5.41) is 7.68. The van der Waals surface area contributed by atoms with Gasteiger partial charge in [0, 0.05) is 18.3 Å². The molecule has 1 amide bonds. The van der Waals surface area contributed by atoms with Crippen LogP contribution in [-0.2, 0) is 24.3 Å². The number of rotatable bonds is 5. The normalized spacial score (nSPS) is 16.1. The summed E-state index contributed by atoms with van der Waals surface area (Å²) in [6.07, 6.45) is 6.53. The maximum atomic E-state index is 12.6. The first kappa shape index (κ1) is 16.4. The minimum atomic E-state index is -0.108. The van der Waals surface area contributed by atoms with E-state index >= 15 is 0 Å². The molecule has 1 aliphatic rings. The summed E-state index contributed by atoms with van der Waals surface area (Å²) in [5.41, 5.74) is 3.72. The Kier molecular flexibility index (Phi) is 4.76. The van der Waals surface area contributed by atoms with Gasteiger partial charge in [0.05, 0.1) is 12.7 Å². The molecule has 1 aromatic carbocycles. The third kappa shape index (κ3) is 3.38. The van der Waals surface area contributed by atoms with Gasteiger partial charge in [-0.1, -0.05) is 31.2 Å². The van der Waals surface area contributed by atoms with Crippen molar-refractivity contribution in [2.45, 2.75) is 33.4 Å². The van der Waals surface area contributed by atoms with Crippen molar-refractivity contribution in [3.05, 3.63) is 59.0 Å². The van der Waals surface area contributed by atoms with Crippen LogP contribution >= 0.6 is 12.2 Å². The largest absolute Gasteiger partial charge is 0.328 e. The molecule has 1 aromatic heterocycles. The Morgan fingerprint density at radius 1 is 1.21 bits per heavy atom. The maximum absolute atomic E-state index is 12.6. The number of carbonyl (C=O) groups excluding carboxylic acids is 1. The number of carbonyl (C=O) groups is 1. The molecule has 6 heteroatoms. The van der Waals surface area contributed by atoms with Gasteiger partial charge < -0.3 is 5.32 Å². The molecular formula is C18H20N4OS. The van der Waals surface area contributed by atoms with Crippen LogP contribution in [0.3, 0.4) is 0 Å². The second kappa shape index (κ2) is 6.97. The first-order chi connectivity index (χ1) is 11.6. The van der Waals surface area contributed by atoms with E-state index in [1.165, 1.54) is 5.56 Å². The minimum Gasteiger partial charge on any atom is -0.328 e. The average Bonchev–Trinajstić information content (AvgIpc) is 3.16. The zero-order chi connectivity index (χ0) is 17.1. The van der Waals surface area contributed by atoms with Crippen LogP contribution in [0.25, 0.3) is 6.08 Å². The highest BCUT2D eigenvalue weighted by Crippen LogP contribution is 2.17. The fourth-order valence-electron chi connectivity index (χ4n) is 2.57. The van der Waals surface area contributed by atoms with Crippen molar-refractivity contribution < 1.29 is 4.79 Å². The van der Waals surface area contributed by atoms with E-state index in [1.54, 1.807) is 11.1 Å². The van der Waals surface area contributed by atoms with Crippen molar-refractivity contribution in [2.75, 3.05) is 0 Å². The van der Waals surface area contributed by atoms with E-state index in [9.17, 15) is 4.79 Å². The fraction of sp³-hybridized carbons (Fsp3) is 0.278. The quantitative estimate of drug-likeness (QED) is 0.672. The molecule has 1 fully saturated rings. The van der Waals surface area contributed by atoms with E-state index < -0.39 is 0 Å². The molecule has 0 spiro atoms. The molecule has 0 radical (unpaired) electrons. The van der Waals surface area contributed by atoms with E-state index in [-0.39, 0.29) is 5.91 Å². The Morgan fingerprint density at radius 2 is 1.96 bits per heavy atom. The van der Waals surface area contributed by atoms with Gasteiger partial charge in [0.25, 0.3) is 5.91 Å². The summed E-state index contributed by atoms with van der Waals surface area (Å²) in [6.45, 7) is 5.37. The maximum Gasteiger partial charge on any atom is 0.276 e. The van der Waals surface area contributed by atoms with Gasteiger partial charge in [-0.2, -0.15) is 5.10 Å². The molecule has 124 valence electrons. The van der Waals surface area contributed by atoms with Gasteiger partial charge in [-0.15, -0.1) is 0 Å². The molecular weight excluding hydrogens is 320 g/mol. The Morgan fingerprint density at radius 3 is 2.58 bits per heavy atom. The molecule has 2 heterocycles. The zero-order valence-corrected chi connectivity index (χ0v) is 14.6. The number of hydrogen-bond acceptors (Lipinski definition) is 3. The molecule has 0 atom stereocenters. The first-order valence-corrected chi connectivity index (χ1v) is 8.46. The Bertz CT molecular complexity index is 792. The Hall–Kier alpha value is -2.47. The molecule has 0 bridgehead atoms. The van der Waals surface area contributed by atoms with Crippen LogP contribution in [0.1, 0.15) is 30.5 Å². The van der Waals surface area contributed by atoms with E-state index in [1.807, 2.05) is 36.0 Å². The van der Waals surface area contributed by atoms with Crippen LogP contribution < -0.4 is 5.32 Å². The fourth-order valence-corrected chi connectivity index (χ4v) is 2.83. The van der Waals surface area contributed by atoms with Crippen LogP contribution in [0.15, 0.2) is 42.4 Å². The number of nitrogens with one attached hydrogen (secondary N) is 1. The summed E-state index contributed by atoms with van der Waals surface area (Å²) in [6, 6.07) is 8.16. The predicted molar refractivity (Wildman–Crippen MR) is 98.0 cm³/mol. The number of nitrogens with zero attached hydrogens (tertiary/aromatic N) is 3. The van der Waals surface area contributed by atoms with Crippen molar-refractivity contribution in [1.29, 1.82) is 0 Å². The SMILES string of the molecule is CCc1ccc(/C=C2/NC(=S)N(Cc3cnn(CC)c3)C2=O)cc1. The van der Waals surface area contributed by atoms with Gasteiger partial charge in [-0.3, -0.25) is 14.4 Å². The Labute approximate surface area is 147 Å². The highest BCUT2D eigenvalue weighted by Gasteiger charge is 2.30. The highest BCUT2D eigenvalue weighted by molar-refractivity contribution is 7.80. The summed E-state index contributed by atoms with van der Waals surface area (Å²) in [7, 11) is 0. The lowest BCUT2D eigenvalue weighted by Gasteiger charge is -2.12. The molecule has 24 heavy (non-hydrogen) atoms. The van der Waals surface area contributed by atoms with Crippen LogP contribution in [0.4, 0.5) is 0 Å². The van der Waals surface area contributed by atoms with Gasteiger partial charge in [-0.25, -0.2) is 0 Å². The van der Waals surface area contributed by atoms with Crippen LogP contribution in [-0.4, -0.2) is 25.7 Å². The lowest BCUT2D eigenvalue weighted by Crippen LogP contribution is -2.29. The summed E-state index contributed by atoms with van der Waals surface area (Å²) < 4.78 is 1.83. The summed E-state index contributed by atoms with van der Waals surface area (Å²) in [4.78, 5) is 14.2. The van der Waals surface area contributed by atoms with E-state index in [0.29, 0.717) is 17.4 Å². The topological polar surface area (TPSA) is 50.2 Å². The van der Waals surface area contributed by atoms with Gasteiger partial charge in [0.1, 0.15) is 5.70 Å². The standard InChI is InChI=1S/C18H20N4OS/c1-3-13-5-7-14(8-6-13)9-16-17(23)22(18(24)20-16)12-15-10-19-21(4-2)11-15/h5-11H,3-4,12H2,1-2H3,(H,20,24)/b16-9+. The summed E-state index contributed by atoms with van der Waals surface area (Å²) in [5.74, 6) is -0.108. The smallest absolute Gasteiger partial charge is 0.276 e. The average molecular weight is 340 g/mol. The molecule has 1 N–H and O–H groups in total. The third-order valence-electron chi connectivity index (χ3n) is 4.01. The first-order valence-electron chi connectivity index (χ1n) is 8.05. The molecule has 1 saturated heterocycles. The molecule has 2 aromatic rings. The zero-order valence-electron chi connectivity index (χ0n) is 13.8. The van der Waals surface area contributed by atoms with E-state index in [4.69, 9.17) is 12.2 Å². The van der Waals surface area contributed by atoms with Crippen molar-refractivity contribution in [3.63, 3.8) is 0 Å². The number of benzene rings is 1. The minimum absolute atomic E-state index is 0.108. The van der Waals surface area contributed by atoms with Crippen LogP contribution in [0.5, 0.6) is 0 Å². The molecule has 0 unspecified atom stereocenters. The van der Waals surface area contributed by atoms with Crippen LogP contribution in [0, 0.1) is 0 Å². The van der Waals surface area contributed by atoms with E-state index in [2.05, 4.69) is 29.5 Å². The third-order valence-corrected chi connectivity index (χ3v) is 4.34. The van der Waals surface area contributed by atoms with Crippen molar-refractivity contribution in [3.8, 4) is 0 Å². The number of thiocarbonyl (C=S) groups is 1. The van der Waals surface area contributed by atoms with Gasteiger partial charge in [0.15, 0.2) is 5.11 Å². The number of amides is 1. The van der Waals surface area contributed by atoms with Gasteiger partial charge in [0.2, 0.25) is 0 Å². The molecule has 5 nitrogen and oxygen atoms in total. The predicted octanol–water partition coefficient (Wildman–Crippen LogP) is 2.72. The van der Waals surface area contributed by atoms with E-state index in [0.717, 1.165) is 24.1 Å². The van der Waals surface area contributed by atoms with Crippen molar-refractivity contribution >= 4 is 29.3 Å². The van der Waals surface area contributed by atoms with Crippen molar-refractivity contribution in [2.24, 2.45) is 0 Å². The number of aromatic nitrogens is 2. The number of hydrogen-bond donors (Lipinski definition) is 1. The second-order valence-corrected chi connectivity index (χ2v) is 6.07. The monoisotopic (exact) mass is 340 g/mol. The molecule has 3 rings (SSSR count). The van der Waals surface area contributed by atoms with Crippen LogP contribution in [0.2, 0.25) is 0 Å². The van der Waals surface area contributed by atoms with Gasteiger partial charge >= 0.3 is 0 Å². The molecule has 0 saturated carbocycles. The molecule has 1 aliphatic heterocycles. The lowest BCUT2D eigenvalue weighted by molar-refractivity contribution is -0.122. The van der Waals surface area contributed by atoms with Gasteiger partial charge in [-0.05, 0) is 42.8 Å². The number of aryl methyl sites for hydroxylation is 2. The van der Waals surface area contributed by atoms with Crippen molar-refractivity contribution in [1.82, 2.24) is 20.0 Å². The molecule has 0 aliphatic carbocycles. The Balaban J connectivity index is 1.76.